The van der Waals surface area contributed by atoms with Crippen molar-refractivity contribution in [3.05, 3.63) is 85.1 Å². The molecular weight excluding hydrogens is 580 g/mol. The monoisotopic (exact) mass is 653 g/mol. The first kappa shape index (κ1) is 44.6. The van der Waals surface area contributed by atoms with Gasteiger partial charge in [0.15, 0.2) is 0 Å². The van der Waals surface area contributed by atoms with Gasteiger partial charge in [0.25, 0.3) is 0 Å². The van der Waals surface area contributed by atoms with E-state index in [9.17, 15) is 9.90 Å². The number of esters is 1. The highest BCUT2D eigenvalue weighted by Gasteiger charge is 2.13. The number of aliphatic hydroxyl groups is 1. The number of carbonyl (C=O) groups excluding carboxylic acids is 1. The van der Waals surface area contributed by atoms with Crippen LogP contribution in [0.3, 0.4) is 0 Å². The van der Waals surface area contributed by atoms with Gasteiger partial charge in [0, 0.05) is 13.0 Å². The fourth-order valence-electron chi connectivity index (χ4n) is 4.85. The molecule has 0 aromatic heterocycles. The van der Waals surface area contributed by atoms with Crippen molar-refractivity contribution in [2.45, 2.75) is 161 Å². The number of allylic oxidation sites excluding steroid dienone is 14. The van der Waals surface area contributed by atoms with E-state index < -0.39 is 6.10 Å². The summed E-state index contributed by atoms with van der Waals surface area (Å²) in [5.74, 6) is -0.229. The van der Waals surface area contributed by atoms with Crippen LogP contribution < -0.4 is 0 Å². The molecule has 1 unspecified atom stereocenters. The smallest absolute Gasteiger partial charge is 0.306 e. The minimum atomic E-state index is -0.562. The average molecular weight is 653 g/mol. The second kappa shape index (κ2) is 39.7. The Morgan fingerprint density at radius 1 is 0.532 bits per heavy atom. The Labute approximate surface area is 290 Å². The second-order valence-corrected chi connectivity index (χ2v) is 12.3. The van der Waals surface area contributed by atoms with Crippen molar-refractivity contribution >= 4 is 5.97 Å². The first-order chi connectivity index (χ1) is 23.2. The zero-order valence-corrected chi connectivity index (χ0v) is 30.5. The molecule has 0 radical (unpaired) electrons. The molecule has 0 spiro atoms. The van der Waals surface area contributed by atoms with E-state index in [1.165, 1.54) is 44.9 Å². The first-order valence-corrected chi connectivity index (χ1v) is 19.2. The van der Waals surface area contributed by atoms with E-state index in [4.69, 9.17) is 9.47 Å². The quantitative estimate of drug-likeness (QED) is 0.0427. The maximum Gasteiger partial charge on any atom is 0.306 e. The van der Waals surface area contributed by atoms with Crippen molar-refractivity contribution < 1.29 is 19.4 Å². The Morgan fingerprint density at radius 3 is 1.45 bits per heavy atom. The summed E-state index contributed by atoms with van der Waals surface area (Å²) in [4.78, 5) is 12.2. The lowest BCUT2D eigenvalue weighted by atomic mass is 10.1. The average Bonchev–Trinajstić information content (AvgIpc) is 3.08. The standard InChI is InChI=1S/C43H72O4/c1-3-5-7-9-11-13-15-17-19-21-22-23-24-26-28-30-32-34-36-38-43(45)47-42(40-44)41-46-39-37-35-33-31-29-27-25-20-18-16-14-12-10-8-6-4-2/h6,8,11-14,17-20,22-23,27,29,42,44H,3-5,7,9-10,15-16,21,24-26,28,30-41H2,1-2H3/b8-6-,13-11-,14-12-,19-17-,20-18-,23-22-,29-27-. The lowest BCUT2D eigenvalue weighted by molar-refractivity contribution is -0.154. The predicted octanol–water partition coefficient (Wildman–Crippen LogP) is 12.4. The highest BCUT2D eigenvalue weighted by molar-refractivity contribution is 5.69. The molecule has 1 N–H and O–H groups in total. The third kappa shape index (κ3) is 37.9. The molecule has 0 aromatic rings. The summed E-state index contributed by atoms with van der Waals surface area (Å²) in [6.07, 6.45) is 54.8. The van der Waals surface area contributed by atoms with Gasteiger partial charge in [-0.25, -0.2) is 0 Å². The van der Waals surface area contributed by atoms with Crippen LogP contribution in [0.2, 0.25) is 0 Å². The Hall–Kier alpha value is -2.43. The van der Waals surface area contributed by atoms with Crippen molar-refractivity contribution in [3.8, 4) is 0 Å². The topological polar surface area (TPSA) is 55.8 Å². The third-order valence-corrected chi connectivity index (χ3v) is 7.70. The summed E-state index contributed by atoms with van der Waals surface area (Å²) in [5.41, 5.74) is 0. The van der Waals surface area contributed by atoms with Gasteiger partial charge in [0.1, 0.15) is 6.10 Å². The van der Waals surface area contributed by atoms with Crippen molar-refractivity contribution in [1.82, 2.24) is 0 Å². The number of hydrogen-bond acceptors (Lipinski definition) is 4. The maximum atomic E-state index is 12.2. The lowest BCUT2D eigenvalue weighted by Crippen LogP contribution is -2.27. The minimum absolute atomic E-state index is 0.196. The summed E-state index contributed by atoms with van der Waals surface area (Å²) >= 11 is 0. The molecule has 0 aliphatic heterocycles. The second-order valence-electron chi connectivity index (χ2n) is 12.3. The van der Waals surface area contributed by atoms with Gasteiger partial charge in [-0.3, -0.25) is 4.79 Å². The van der Waals surface area contributed by atoms with Crippen LogP contribution in [-0.4, -0.2) is 37.0 Å². The van der Waals surface area contributed by atoms with Crippen LogP contribution in [0.4, 0.5) is 0 Å². The van der Waals surface area contributed by atoms with Crippen molar-refractivity contribution in [1.29, 1.82) is 0 Å². The van der Waals surface area contributed by atoms with Crippen LogP contribution in [0.1, 0.15) is 155 Å². The van der Waals surface area contributed by atoms with Crippen LogP contribution in [0.5, 0.6) is 0 Å². The van der Waals surface area contributed by atoms with E-state index >= 15 is 0 Å². The minimum Gasteiger partial charge on any atom is -0.457 e. The maximum absolute atomic E-state index is 12.2. The van der Waals surface area contributed by atoms with Gasteiger partial charge < -0.3 is 14.6 Å². The van der Waals surface area contributed by atoms with Gasteiger partial charge in [0.2, 0.25) is 0 Å². The number of hydrogen-bond donors (Lipinski definition) is 1. The van der Waals surface area contributed by atoms with E-state index in [-0.39, 0.29) is 19.2 Å². The molecule has 0 saturated carbocycles. The van der Waals surface area contributed by atoms with Gasteiger partial charge in [0.05, 0.1) is 13.2 Å². The molecule has 1 atom stereocenters. The SMILES string of the molecule is CC/C=C\C/C=C\C/C=C\C/C=C\CCCCCOCC(CO)OC(=O)CCCCCCCC/C=C\C/C=C\C/C=C\CCCCC. The third-order valence-electron chi connectivity index (χ3n) is 7.70. The predicted molar refractivity (Wildman–Crippen MR) is 205 cm³/mol. The number of aliphatic hydroxyl groups excluding tert-OH is 1. The molecule has 0 bridgehead atoms. The molecule has 268 valence electrons. The Kier molecular flexibility index (Phi) is 37.7. The fraction of sp³-hybridized carbons (Fsp3) is 0.651. The Morgan fingerprint density at radius 2 is 0.957 bits per heavy atom. The fourth-order valence-corrected chi connectivity index (χ4v) is 4.85. The lowest BCUT2D eigenvalue weighted by Gasteiger charge is -2.15. The molecule has 0 aliphatic rings. The summed E-state index contributed by atoms with van der Waals surface area (Å²) in [6, 6.07) is 0. The molecule has 4 heteroatoms. The summed E-state index contributed by atoms with van der Waals surface area (Å²) in [6.45, 7) is 5.10. The van der Waals surface area contributed by atoms with Crippen molar-refractivity contribution in [2.24, 2.45) is 0 Å². The van der Waals surface area contributed by atoms with Gasteiger partial charge in [-0.2, -0.15) is 0 Å². The van der Waals surface area contributed by atoms with Crippen LogP contribution in [-0.2, 0) is 14.3 Å². The molecule has 0 aromatic carbocycles. The van der Waals surface area contributed by atoms with Crippen LogP contribution in [0.15, 0.2) is 85.1 Å². The summed E-state index contributed by atoms with van der Waals surface area (Å²) in [5, 5.41) is 9.57. The molecule has 4 nitrogen and oxygen atoms in total. The Bertz CT molecular complexity index is 861. The number of carbonyl (C=O) groups is 1. The van der Waals surface area contributed by atoms with Gasteiger partial charge in [-0.05, 0) is 89.9 Å². The normalized spacial score (nSPS) is 13.3. The van der Waals surface area contributed by atoms with E-state index in [1.807, 2.05) is 0 Å². The molecule has 0 fully saturated rings. The van der Waals surface area contributed by atoms with E-state index in [0.29, 0.717) is 13.0 Å². The first-order valence-electron chi connectivity index (χ1n) is 19.2. The highest BCUT2D eigenvalue weighted by Crippen LogP contribution is 2.11. The van der Waals surface area contributed by atoms with Crippen molar-refractivity contribution in [2.75, 3.05) is 19.8 Å². The molecular formula is C43H72O4. The summed E-state index contributed by atoms with van der Waals surface area (Å²) in [7, 11) is 0. The van der Waals surface area contributed by atoms with Crippen molar-refractivity contribution in [3.63, 3.8) is 0 Å². The number of ether oxygens (including phenoxy) is 2. The van der Waals surface area contributed by atoms with Gasteiger partial charge in [-0.1, -0.05) is 144 Å². The largest absolute Gasteiger partial charge is 0.457 e. The molecule has 0 amide bonds. The zero-order chi connectivity index (χ0) is 34.1. The van der Waals surface area contributed by atoms with Gasteiger partial charge >= 0.3 is 5.97 Å². The highest BCUT2D eigenvalue weighted by atomic mass is 16.6. The molecule has 0 aliphatic carbocycles. The van der Waals surface area contributed by atoms with Crippen LogP contribution in [0, 0.1) is 0 Å². The Balaban J connectivity index is 3.57. The van der Waals surface area contributed by atoms with Crippen LogP contribution >= 0.6 is 0 Å². The molecule has 0 saturated heterocycles. The molecule has 0 heterocycles. The molecule has 0 rings (SSSR count). The molecule has 47 heavy (non-hydrogen) atoms. The van der Waals surface area contributed by atoms with Gasteiger partial charge in [-0.15, -0.1) is 0 Å². The zero-order valence-electron chi connectivity index (χ0n) is 30.5. The van der Waals surface area contributed by atoms with E-state index in [1.54, 1.807) is 0 Å². The van der Waals surface area contributed by atoms with E-state index in [0.717, 1.165) is 89.9 Å². The number of unbranched alkanes of at least 4 members (excludes halogenated alkanes) is 12. The van der Waals surface area contributed by atoms with E-state index in [2.05, 4.69) is 98.9 Å². The summed E-state index contributed by atoms with van der Waals surface area (Å²) < 4.78 is 11.1. The van der Waals surface area contributed by atoms with Crippen LogP contribution in [0.25, 0.3) is 0 Å². The number of rotatable bonds is 34.